The molecule has 19 heavy (non-hydrogen) atoms. The fraction of sp³-hybridized carbons (Fsp3) is 0.750. The summed E-state index contributed by atoms with van der Waals surface area (Å²) in [7, 11) is 0. The number of hydrogen-bond donors (Lipinski definition) is 4. The van der Waals surface area contributed by atoms with Gasteiger partial charge in [-0.15, -0.1) is 0 Å². The molecule has 0 atom stereocenters. The van der Waals surface area contributed by atoms with Gasteiger partial charge in [0.2, 0.25) is 5.91 Å². The van der Waals surface area contributed by atoms with Crippen LogP contribution in [0.15, 0.2) is 0 Å². The van der Waals surface area contributed by atoms with Crippen molar-refractivity contribution in [1.29, 1.82) is 0 Å². The van der Waals surface area contributed by atoms with Crippen molar-refractivity contribution in [3.05, 3.63) is 0 Å². The van der Waals surface area contributed by atoms with Crippen molar-refractivity contribution >= 4 is 17.9 Å². The molecule has 0 aromatic rings. The molecule has 0 aromatic heterocycles. The molecule has 0 rings (SSSR count). The molecule has 0 aliphatic carbocycles. The molecule has 0 saturated carbocycles. The van der Waals surface area contributed by atoms with Crippen LogP contribution in [0.5, 0.6) is 0 Å². The van der Waals surface area contributed by atoms with E-state index in [0.29, 0.717) is 12.5 Å². The van der Waals surface area contributed by atoms with E-state index in [-0.39, 0.29) is 6.54 Å². The normalized spacial score (nSPS) is 10.1. The number of rotatable bonds is 9. The van der Waals surface area contributed by atoms with Gasteiger partial charge in [-0.2, -0.15) is 0 Å². The number of unbranched alkanes of at least 4 members (excludes halogenated alkanes) is 1. The minimum Gasteiger partial charge on any atom is -0.480 e. The number of urea groups is 1. The van der Waals surface area contributed by atoms with Crippen LogP contribution in [-0.4, -0.2) is 42.6 Å². The van der Waals surface area contributed by atoms with E-state index >= 15 is 0 Å². The summed E-state index contributed by atoms with van der Waals surface area (Å²) in [5.41, 5.74) is 0. The summed E-state index contributed by atoms with van der Waals surface area (Å²) < 4.78 is 0. The van der Waals surface area contributed by atoms with E-state index in [1.807, 2.05) is 0 Å². The van der Waals surface area contributed by atoms with Gasteiger partial charge in [-0.05, 0) is 12.3 Å². The fourth-order valence-corrected chi connectivity index (χ4v) is 1.34. The first-order chi connectivity index (χ1) is 8.91. The number of nitrogens with one attached hydrogen (secondary N) is 3. The summed E-state index contributed by atoms with van der Waals surface area (Å²) in [6, 6.07) is -0.421. The van der Waals surface area contributed by atoms with E-state index in [1.54, 1.807) is 0 Å². The first-order valence-corrected chi connectivity index (χ1v) is 6.42. The highest BCUT2D eigenvalue weighted by Crippen LogP contribution is 2.04. The van der Waals surface area contributed by atoms with E-state index in [4.69, 9.17) is 5.11 Å². The second-order valence-electron chi connectivity index (χ2n) is 4.67. The molecule has 0 bridgehead atoms. The van der Waals surface area contributed by atoms with Gasteiger partial charge in [-0.25, -0.2) is 4.79 Å². The Morgan fingerprint density at radius 1 is 1.00 bits per heavy atom. The monoisotopic (exact) mass is 273 g/mol. The van der Waals surface area contributed by atoms with Crippen LogP contribution >= 0.6 is 0 Å². The summed E-state index contributed by atoms with van der Waals surface area (Å²) in [6.07, 6.45) is 3.08. The average Bonchev–Trinajstić information content (AvgIpc) is 2.33. The van der Waals surface area contributed by atoms with Crippen LogP contribution in [0.2, 0.25) is 0 Å². The lowest BCUT2D eigenvalue weighted by Crippen LogP contribution is -2.43. The van der Waals surface area contributed by atoms with Crippen molar-refractivity contribution in [2.24, 2.45) is 5.92 Å². The lowest BCUT2D eigenvalue weighted by Gasteiger charge is -2.08. The minimum absolute atomic E-state index is 0.231. The summed E-state index contributed by atoms with van der Waals surface area (Å²) in [5.74, 6) is -0.993. The van der Waals surface area contributed by atoms with Gasteiger partial charge in [0.15, 0.2) is 0 Å². The van der Waals surface area contributed by atoms with Crippen LogP contribution in [0.4, 0.5) is 4.79 Å². The molecule has 0 heterocycles. The van der Waals surface area contributed by atoms with Gasteiger partial charge in [-0.1, -0.05) is 26.7 Å². The highest BCUT2D eigenvalue weighted by atomic mass is 16.4. The predicted molar refractivity (Wildman–Crippen MR) is 70.7 cm³/mol. The quantitative estimate of drug-likeness (QED) is 0.453. The molecule has 0 aromatic carbocycles. The topological polar surface area (TPSA) is 108 Å². The van der Waals surface area contributed by atoms with Gasteiger partial charge < -0.3 is 21.1 Å². The third-order valence-corrected chi connectivity index (χ3v) is 2.34. The van der Waals surface area contributed by atoms with Crippen LogP contribution in [0.1, 0.15) is 33.1 Å². The number of carbonyl (C=O) groups is 3. The Kier molecular flexibility index (Phi) is 9.20. The Balaban J connectivity index is 3.48. The summed E-state index contributed by atoms with van der Waals surface area (Å²) >= 11 is 0. The zero-order valence-electron chi connectivity index (χ0n) is 11.5. The van der Waals surface area contributed by atoms with Crippen LogP contribution in [0.3, 0.4) is 0 Å². The largest absolute Gasteiger partial charge is 0.480 e. The maximum atomic E-state index is 11.3. The van der Waals surface area contributed by atoms with Crippen molar-refractivity contribution in [1.82, 2.24) is 16.0 Å². The highest BCUT2D eigenvalue weighted by Gasteiger charge is 2.05. The van der Waals surface area contributed by atoms with Gasteiger partial charge in [0.05, 0.1) is 6.54 Å². The second-order valence-corrected chi connectivity index (χ2v) is 4.67. The van der Waals surface area contributed by atoms with Gasteiger partial charge in [0.1, 0.15) is 6.54 Å². The molecule has 0 radical (unpaired) electrons. The third-order valence-electron chi connectivity index (χ3n) is 2.34. The third kappa shape index (κ3) is 12.5. The van der Waals surface area contributed by atoms with Crippen molar-refractivity contribution in [3.8, 4) is 0 Å². The lowest BCUT2D eigenvalue weighted by atomic mass is 10.1. The van der Waals surface area contributed by atoms with Crippen LogP contribution in [0, 0.1) is 5.92 Å². The molecule has 110 valence electrons. The van der Waals surface area contributed by atoms with Crippen LogP contribution in [0.25, 0.3) is 0 Å². The standard InChI is InChI=1S/C12H23N3O4/c1-9(2)5-3-4-6-13-12(19)15-7-10(16)14-8-11(17)18/h9H,3-8H2,1-2H3,(H,14,16)(H,17,18)(H2,13,15,19). The minimum atomic E-state index is -1.12. The van der Waals surface area contributed by atoms with Crippen LogP contribution < -0.4 is 16.0 Å². The molecule has 7 heteroatoms. The zero-order valence-corrected chi connectivity index (χ0v) is 11.5. The number of carbonyl (C=O) groups excluding carboxylic acids is 2. The molecule has 4 N–H and O–H groups in total. The van der Waals surface area contributed by atoms with E-state index in [9.17, 15) is 14.4 Å². The summed E-state index contributed by atoms with van der Waals surface area (Å²) in [6.45, 7) is 4.18. The maximum Gasteiger partial charge on any atom is 0.322 e. The molecule has 0 saturated heterocycles. The van der Waals surface area contributed by atoms with E-state index in [1.165, 1.54) is 0 Å². The van der Waals surface area contributed by atoms with Crippen molar-refractivity contribution in [2.75, 3.05) is 19.6 Å². The molecule has 0 spiro atoms. The number of carboxylic acids is 1. The summed E-state index contributed by atoms with van der Waals surface area (Å²) in [4.78, 5) is 32.5. The van der Waals surface area contributed by atoms with E-state index in [0.717, 1.165) is 19.3 Å². The second kappa shape index (κ2) is 10.2. The zero-order chi connectivity index (χ0) is 14.7. The first kappa shape index (κ1) is 17.2. The van der Waals surface area contributed by atoms with Crippen LogP contribution in [-0.2, 0) is 9.59 Å². The molecule has 0 unspecified atom stereocenters. The van der Waals surface area contributed by atoms with Crippen molar-refractivity contribution in [3.63, 3.8) is 0 Å². The van der Waals surface area contributed by atoms with Gasteiger partial charge >= 0.3 is 12.0 Å². The van der Waals surface area contributed by atoms with Crippen molar-refractivity contribution in [2.45, 2.75) is 33.1 Å². The van der Waals surface area contributed by atoms with Crippen molar-refractivity contribution < 1.29 is 19.5 Å². The Labute approximate surface area is 113 Å². The predicted octanol–water partition coefficient (Wildman–Crippen LogP) is 0.313. The molecular weight excluding hydrogens is 250 g/mol. The number of amides is 3. The number of carboxylic acid groups (broad SMARTS) is 1. The molecule has 0 aliphatic rings. The molecule has 7 nitrogen and oxygen atoms in total. The smallest absolute Gasteiger partial charge is 0.322 e. The Morgan fingerprint density at radius 3 is 2.26 bits per heavy atom. The van der Waals surface area contributed by atoms with E-state index in [2.05, 4.69) is 29.8 Å². The van der Waals surface area contributed by atoms with Gasteiger partial charge in [-0.3, -0.25) is 9.59 Å². The summed E-state index contributed by atoms with van der Waals surface area (Å²) in [5, 5.41) is 15.5. The Morgan fingerprint density at radius 2 is 1.68 bits per heavy atom. The lowest BCUT2D eigenvalue weighted by molar-refractivity contribution is -0.137. The Hall–Kier alpha value is -1.79. The molecule has 0 aliphatic heterocycles. The molecular formula is C12H23N3O4. The average molecular weight is 273 g/mol. The molecule has 0 fully saturated rings. The fourth-order valence-electron chi connectivity index (χ4n) is 1.34. The van der Waals surface area contributed by atoms with E-state index < -0.39 is 24.5 Å². The Bertz CT molecular complexity index is 305. The number of aliphatic carboxylic acids is 1. The maximum absolute atomic E-state index is 11.3. The SMILES string of the molecule is CC(C)CCCCNC(=O)NCC(=O)NCC(=O)O. The first-order valence-electron chi connectivity index (χ1n) is 6.42. The highest BCUT2D eigenvalue weighted by molar-refractivity contribution is 5.86. The molecule has 3 amide bonds. The number of hydrogen-bond acceptors (Lipinski definition) is 3. The van der Waals surface area contributed by atoms with Gasteiger partial charge in [0.25, 0.3) is 0 Å². The van der Waals surface area contributed by atoms with Gasteiger partial charge in [0, 0.05) is 6.54 Å².